The van der Waals surface area contributed by atoms with E-state index in [1.807, 2.05) is 27.7 Å². The minimum Gasteiger partial charge on any atom is -0.550 e. The molecule has 80 valence electrons. The van der Waals surface area contributed by atoms with Crippen molar-refractivity contribution >= 4 is 5.97 Å². The van der Waals surface area contributed by atoms with E-state index in [0.717, 1.165) is 6.92 Å². The maximum absolute atomic E-state index is 8.89. The van der Waals surface area contributed by atoms with E-state index in [9.17, 15) is 0 Å². The molecule has 0 rings (SSSR count). The molecule has 0 amide bonds. The highest BCUT2D eigenvalue weighted by molar-refractivity contribution is 5.60. The molecule has 0 fully saturated rings. The van der Waals surface area contributed by atoms with E-state index in [0.29, 0.717) is 0 Å². The Bertz CT molecular complexity index is 113. The highest BCUT2D eigenvalue weighted by atomic mass is 16.9. The van der Waals surface area contributed by atoms with Crippen LogP contribution in [-0.4, -0.2) is 18.2 Å². The molecule has 0 bridgehead atoms. The van der Waals surface area contributed by atoms with Gasteiger partial charge in [-0.15, -0.1) is 0 Å². The van der Waals surface area contributed by atoms with Gasteiger partial charge in [0.05, 0.1) is 0 Å². The maximum atomic E-state index is 8.89. The van der Waals surface area contributed by atoms with Crippen molar-refractivity contribution in [2.24, 2.45) is 0 Å². The van der Waals surface area contributed by atoms with Gasteiger partial charge in [-0.25, -0.2) is 0 Å². The summed E-state index contributed by atoms with van der Waals surface area (Å²) in [6, 6.07) is 0. The Morgan fingerprint density at radius 2 is 1.38 bits per heavy atom. The normalized spacial score (nSPS) is 9.77. The van der Waals surface area contributed by atoms with Crippen molar-refractivity contribution in [3.8, 4) is 0 Å². The summed E-state index contributed by atoms with van der Waals surface area (Å²) in [7, 11) is 0. The van der Waals surface area contributed by atoms with Gasteiger partial charge >= 0.3 is 0 Å². The van der Waals surface area contributed by atoms with Crippen molar-refractivity contribution < 1.29 is 25.2 Å². The second-order valence-corrected chi connectivity index (χ2v) is 2.96. The summed E-state index contributed by atoms with van der Waals surface area (Å²) in [4.78, 5) is 18.9. The molecule has 0 saturated carbocycles. The van der Waals surface area contributed by atoms with Crippen LogP contribution in [0.3, 0.4) is 0 Å². The molecule has 0 aromatic carbocycles. The summed E-state index contributed by atoms with van der Waals surface area (Å²) in [5.41, 5.74) is 1.40. The molecule has 5 heteroatoms. The smallest absolute Gasteiger partial charge is 0.115 e. The number of carbonyl (C=O) groups is 1. The molecule has 0 aromatic heterocycles. The van der Waals surface area contributed by atoms with Gasteiger partial charge in [-0.05, 0) is 34.6 Å². The lowest BCUT2D eigenvalue weighted by Crippen LogP contribution is -2.84. The van der Waals surface area contributed by atoms with Gasteiger partial charge in [0.2, 0.25) is 0 Å². The molecule has 0 saturated heterocycles. The van der Waals surface area contributed by atoms with Crippen LogP contribution in [-0.2, 0) is 14.5 Å². The topological polar surface area (TPSA) is 75.2 Å². The van der Waals surface area contributed by atoms with E-state index >= 15 is 0 Å². The van der Waals surface area contributed by atoms with Crippen LogP contribution in [0.4, 0.5) is 0 Å². The van der Waals surface area contributed by atoms with Crippen LogP contribution in [0, 0.1) is 0 Å². The first-order chi connectivity index (χ1) is 5.86. The molecule has 0 aliphatic heterocycles. The third kappa shape index (κ3) is 34.7. The van der Waals surface area contributed by atoms with E-state index in [4.69, 9.17) is 19.6 Å². The maximum Gasteiger partial charge on any atom is 0.115 e. The van der Waals surface area contributed by atoms with Gasteiger partial charge in [0, 0.05) is 5.97 Å². The second-order valence-electron chi connectivity index (χ2n) is 2.96. The predicted octanol–water partition coefficient (Wildman–Crippen LogP) is -1.01. The van der Waals surface area contributed by atoms with Gasteiger partial charge in [0.15, 0.2) is 0 Å². The van der Waals surface area contributed by atoms with Gasteiger partial charge in [-0.3, -0.25) is 0 Å². The Morgan fingerprint density at radius 1 is 1.15 bits per heavy atom. The number of hydrogen-bond acceptors (Lipinski definition) is 4. The molecule has 0 aromatic rings. The fraction of sp³-hybridized carbons (Fsp3) is 0.875. The highest BCUT2D eigenvalue weighted by Gasteiger charge is 1.98. The lowest BCUT2D eigenvalue weighted by atomic mass is 10.5. The molecular weight excluding hydrogens is 174 g/mol. The standard InChI is InChI=1S/C6H16NO2.C2H4O2/c1-5(2)8-7-9-6(3)4;1-2(3)4/h5-6H,7H2,1-4H3;1H3,(H,3,4)/q+1;/p-1. The molecule has 0 radical (unpaired) electrons. The summed E-state index contributed by atoms with van der Waals surface area (Å²) in [5, 5.41) is 8.89. The SMILES string of the molecule is CC(=O)[O-].CC(C)O[NH2+]OC(C)C. The number of carbonyl (C=O) groups excluding carboxylic acids is 1. The number of carboxylic acids is 1. The van der Waals surface area contributed by atoms with Crippen molar-refractivity contribution in [1.82, 2.24) is 0 Å². The zero-order valence-electron chi connectivity index (χ0n) is 8.87. The van der Waals surface area contributed by atoms with Crippen LogP contribution in [0.25, 0.3) is 0 Å². The third-order valence-electron chi connectivity index (χ3n) is 0.655. The molecule has 2 N–H and O–H groups in total. The van der Waals surface area contributed by atoms with Gasteiger partial charge in [-0.2, -0.15) is 9.68 Å². The van der Waals surface area contributed by atoms with Gasteiger partial charge in [0.1, 0.15) is 12.2 Å². The first-order valence-corrected chi connectivity index (χ1v) is 4.16. The largest absolute Gasteiger partial charge is 0.550 e. The molecular formula is C8H19NO4. The van der Waals surface area contributed by atoms with E-state index in [-0.39, 0.29) is 12.2 Å². The Labute approximate surface area is 78.9 Å². The van der Waals surface area contributed by atoms with E-state index in [2.05, 4.69) is 0 Å². The summed E-state index contributed by atoms with van der Waals surface area (Å²) in [6.45, 7) is 8.81. The minimum atomic E-state index is -1.08. The average Bonchev–Trinajstić information content (AvgIpc) is 1.83. The summed E-state index contributed by atoms with van der Waals surface area (Å²) >= 11 is 0. The quantitative estimate of drug-likeness (QED) is 0.580. The fourth-order valence-corrected chi connectivity index (χ4v) is 0.254. The monoisotopic (exact) mass is 193 g/mol. The molecule has 0 heterocycles. The van der Waals surface area contributed by atoms with Crippen molar-refractivity contribution in [3.05, 3.63) is 0 Å². The van der Waals surface area contributed by atoms with E-state index in [1.54, 1.807) is 0 Å². The summed E-state index contributed by atoms with van der Waals surface area (Å²) in [6.07, 6.45) is 0.424. The van der Waals surface area contributed by atoms with E-state index < -0.39 is 5.97 Å². The van der Waals surface area contributed by atoms with Crippen LogP contribution in [0.5, 0.6) is 0 Å². The van der Waals surface area contributed by atoms with Crippen molar-refractivity contribution in [2.75, 3.05) is 0 Å². The Morgan fingerprint density at radius 3 is 1.54 bits per heavy atom. The van der Waals surface area contributed by atoms with Crippen LogP contribution >= 0.6 is 0 Å². The summed E-state index contributed by atoms with van der Waals surface area (Å²) in [5.74, 6) is -1.08. The molecule has 0 aliphatic rings. The fourth-order valence-electron chi connectivity index (χ4n) is 0.254. The number of rotatable bonds is 4. The lowest BCUT2D eigenvalue weighted by molar-refractivity contribution is -1.08. The number of aliphatic carboxylic acids is 1. The molecule has 5 nitrogen and oxygen atoms in total. The van der Waals surface area contributed by atoms with Crippen LogP contribution in [0.1, 0.15) is 34.6 Å². The van der Waals surface area contributed by atoms with Crippen LogP contribution in [0.2, 0.25) is 0 Å². The first-order valence-electron chi connectivity index (χ1n) is 4.16. The van der Waals surface area contributed by atoms with Crippen molar-refractivity contribution in [3.63, 3.8) is 0 Å². The number of hydrogen-bond donors (Lipinski definition) is 1. The predicted molar refractivity (Wildman–Crippen MR) is 45.0 cm³/mol. The zero-order chi connectivity index (χ0) is 10.9. The first kappa shape index (κ1) is 14.9. The number of nitrogens with two attached hydrogens (primary N) is 1. The van der Waals surface area contributed by atoms with Crippen LogP contribution < -0.4 is 10.7 Å². The number of quaternary nitrogens is 1. The lowest BCUT2D eigenvalue weighted by Gasteiger charge is -2.04. The molecule has 0 atom stereocenters. The van der Waals surface area contributed by atoms with Crippen molar-refractivity contribution in [1.29, 1.82) is 0 Å². The Hall–Kier alpha value is -0.650. The zero-order valence-corrected chi connectivity index (χ0v) is 8.87. The van der Waals surface area contributed by atoms with Crippen LogP contribution in [0.15, 0.2) is 0 Å². The van der Waals surface area contributed by atoms with Gasteiger partial charge in [0.25, 0.3) is 0 Å². The summed E-state index contributed by atoms with van der Waals surface area (Å²) < 4.78 is 0. The minimum absolute atomic E-state index is 0.212. The molecule has 0 unspecified atom stereocenters. The molecule has 13 heavy (non-hydrogen) atoms. The molecule has 0 aliphatic carbocycles. The van der Waals surface area contributed by atoms with Gasteiger partial charge < -0.3 is 9.90 Å². The molecule has 0 spiro atoms. The Kier molecular flexibility index (Phi) is 10.8. The van der Waals surface area contributed by atoms with E-state index in [1.165, 1.54) is 5.64 Å². The third-order valence-corrected chi connectivity index (χ3v) is 0.655. The van der Waals surface area contributed by atoms with Gasteiger partial charge in [-0.1, -0.05) is 5.64 Å². The second kappa shape index (κ2) is 9.44. The number of carboxylic acid groups (broad SMARTS) is 1. The van der Waals surface area contributed by atoms with Crippen molar-refractivity contribution in [2.45, 2.75) is 46.8 Å². The highest BCUT2D eigenvalue weighted by Crippen LogP contribution is 1.79. The Balaban J connectivity index is 0. The average molecular weight is 193 g/mol.